The van der Waals surface area contributed by atoms with Crippen molar-refractivity contribution in [3.63, 3.8) is 0 Å². The standard InChI is InChI=1S/C18H24I2O5S/c19-13-18(20)24-12-8-4-2-1-3-7-11-23-16-14-25-26(21,22)17-10-6-5-9-15(16)17/h5-6,9-10,14,18H,1-4,7-8,11-13H2. The topological polar surface area (TPSA) is 61.8 Å². The highest BCUT2D eigenvalue weighted by molar-refractivity contribution is 14.1. The SMILES string of the molecule is O=S1(=O)OC=C(OCCCCCCCCOC(I)CI)c2ccccc21. The highest BCUT2D eigenvalue weighted by Gasteiger charge is 2.26. The molecule has 0 fully saturated rings. The molecular formula is C18H24I2O5S. The normalized spacial score (nSPS) is 16.3. The summed E-state index contributed by atoms with van der Waals surface area (Å²) >= 11 is 4.65. The maximum atomic E-state index is 11.9. The Hall–Kier alpha value is -0.0700. The predicted octanol–water partition coefficient (Wildman–Crippen LogP) is 5.27. The first kappa shape index (κ1) is 22.2. The molecule has 0 saturated heterocycles. The molecule has 26 heavy (non-hydrogen) atoms. The van der Waals surface area contributed by atoms with Crippen LogP contribution in [0.1, 0.15) is 44.1 Å². The van der Waals surface area contributed by atoms with Gasteiger partial charge in [0.15, 0.2) is 5.76 Å². The van der Waals surface area contributed by atoms with Gasteiger partial charge in [0.2, 0.25) is 0 Å². The van der Waals surface area contributed by atoms with E-state index in [9.17, 15) is 8.42 Å². The van der Waals surface area contributed by atoms with E-state index in [0.717, 1.165) is 30.3 Å². The van der Waals surface area contributed by atoms with Gasteiger partial charge >= 0.3 is 10.1 Å². The maximum absolute atomic E-state index is 11.9. The first-order valence-electron chi connectivity index (χ1n) is 8.72. The van der Waals surface area contributed by atoms with Gasteiger partial charge < -0.3 is 13.7 Å². The minimum absolute atomic E-state index is 0.163. The minimum atomic E-state index is -3.70. The molecule has 1 aromatic rings. The Labute approximate surface area is 183 Å². The van der Waals surface area contributed by atoms with Crippen LogP contribution in [0.2, 0.25) is 0 Å². The smallest absolute Gasteiger partial charge is 0.339 e. The third-order valence-electron chi connectivity index (χ3n) is 3.92. The molecule has 5 nitrogen and oxygen atoms in total. The van der Waals surface area contributed by atoms with Crippen molar-refractivity contribution in [3.8, 4) is 0 Å². The highest BCUT2D eigenvalue weighted by atomic mass is 127. The molecule has 8 heteroatoms. The Balaban J connectivity index is 1.59. The second kappa shape index (κ2) is 11.7. The average Bonchev–Trinajstić information content (AvgIpc) is 2.64. The number of benzene rings is 1. The lowest BCUT2D eigenvalue weighted by Crippen LogP contribution is -2.12. The molecule has 0 aliphatic carbocycles. The summed E-state index contributed by atoms with van der Waals surface area (Å²) in [6.45, 7) is 1.40. The Bertz CT molecular complexity index is 691. The van der Waals surface area contributed by atoms with Gasteiger partial charge in [-0.1, -0.05) is 83.0 Å². The molecule has 2 rings (SSSR count). The molecule has 1 atom stereocenters. The van der Waals surface area contributed by atoms with E-state index in [2.05, 4.69) is 45.2 Å². The summed E-state index contributed by atoms with van der Waals surface area (Å²) in [5.74, 6) is 0.483. The zero-order valence-corrected chi connectivity index (χ0v) is 19.7. The lowest BCUT2D eigenvalue weighted by molar-refractivity contribution is 0.134. The van der Waals surface area contributed by atoms with Crippen molar-refractivity contribution >= 4 is 61.1 Å². The van der Waals surface area contributed by atoms with Crippen LogP contribution in [0.3, 0.4) is 0 Å². The quantitative estimate of drug-likeness (QED) is 0.141. The molecule has 1 aliphatic rings. The van der Waals surface area contributed by atoms with E-state index < -0.39 is 10.1 Å². The third-order valence-corrected chi connectivity index (χ3v) is 8.45. The maximum Gasteiger partial charge on any atom is 0.339 e. The molecule has 1 heterocycles. The van der Waals surface area contributed by atoms with Crippen LogP contribution in [0.25, 0.3) is 5.76 Å². The molecule has 1 aliphatic heterocycles. The number of alkyl halides is 2. The van der Waals surface area contributed by atoms with Crippen LogP contribution in [0.4, 0.5) is 0 Å². The Morgan fingerprint density at radius 2 is 1.65 bits per heavy atom. The summed E-state index contributed by atoms with van der Waals surface area (Å²) in [6, 6.07) is 6.74. The van der Waals surface area contributed by atoms with Crippen LogP contribution in [0.15, 0.2) is 35.4 Å². The summed E-state index contributed by atoms with van der Waals surface area (Å²) in [5.41, 5.74) is 0.568. The number of hydrogen-bond acceptors (Lipinski definition) is 5. The van der Waals surface area contributed by atoms with Crippen LogP contribution in [0, 0.1) is 0 Å². The van der Waals surface area contributed by atoms with E-state index in [1.54, 1.807) is 18.2 Å². The molecule has 146 valence electrons. The second-order valence-corrected chi connectivity index (χ2v) is 9.74. The van der Waals surface area contributed by atoms with Crippen molar-refractivity contribution in [1.82, 2.24) is 0 Å². The van der Waals surface area contributed by atoms with Crippen LogP contribution < -0.4 is 0 Å². The molecule has 0 aromatic heterocycles. The van der Waals surface area contributed by atoms with Crippen LogP contribution in [-0.4, -0.2) is 30.2 Å². The molecule has 0 saturated carbocycles. The first-order chi connectivity index (χ1) is 12.5. The predicted molar refractivity (Wildman–Crippen MR) is 119 cm³/mol. The van der Waals surface area contributed by atoms with Crippen molar-refractivity contribution in [2.45, 2.75) is 47.5 Å². The number of fused-ring (bicyclic) bond motifs is 1. The Morgan fingerprint density at radius 1 is 1.00 bits per heavy atom. The fourth-order valence-electron chi connectivity index (χ4n) is 2.57. The van der Waals surface area contributed by atoms with Gasteiger partial charge in [-0.2, -0.15) is 8.42 Å². The summed E-state index contributed by atoms with van der Waals surface area (Å²) in [7, 11) is -3.70. The van der Waals surface area contributed by atoms with Crippen LogP contribution in [-0.2, 0) is 23.8 Å². The highest BCUT2D eigenvalue weighted by Crippen LogP contribution is 2.30. The second-order valence-electron chi connectivity index (χ2n) is 5.93. The summed E-state index contributed by atoms with van der Waals surface area (Å²) in [4.78, 5) is 0.163. The monoisotopic (exact) mass is 606 g/mol. The molecule has 1 aromatic carbocycles. The van der Waals surface area contributed by atoms with Crippen molar-refractivity contribution in [1.29, 1.82) is 0 Å². The Kier molecular flexibility index (Phi) is 10.0. The molecular weight excluding hydrogens is 582 g/mol. The summed E-state index contributed by atoms with van der Waals surface area (Å²) in [6.07, 6.45) is 7.90. The van der Waals surface area contributed by atoms with E-state index >= 15 is 0 Å². The molecule has 0 spiro atoms. The van der Waals surface area contributed by atoms with Gasteiger partial charge in [-0.25, -0.2) is 0 Å². The fraction of sp³-hybridized carbons (Fsp3) is 0.556. The van der Waals surface area contributed by atoms with Crippen LogP contribution in [0.5, 0.6) is 0 Å². The fourth-order valence-corrected chi connectivity index (χ4v) is 4.08. The summed E-state index contributed by atoms with van der Waals surface area (Å²) < 4.78 is 41.3. The van der Waals surface area contributed by atoms with E-state index in [-0.39, 0.29) is 4.90 Å². The van der Waals surface area contributed by atoms with Gasteiger partial charge in [-0.3, -0.25) is 0 Å². The van der Waals surface area contributed by atoms with Crippen molar-refractivity contribution < 1.29 is 22.1 Å². The lowest BCUT2D eigenvalue weighted by atomic mass is 10.1. The zero-order valence-electron chi connectivity index (χ0n) is 14.5. The largest absolute Gasteiger partial charge is 0.490 e. The average molecular weight is 606 g/mol. The van der Waals surface area contributed by atoms with E-state index in [4.69, 9.17) is 13.7 Å². The molecule has 0 radical (unpaired) electrons. The van der Waals surface area contributed by atoms with Gasteiger partial charge in [-0.15, -0.1) is 0 Å². The summed E-state index contributed by atoms with van der Waals surface area (Å²) in [5, 5.41) is 0. The molecule has 0 amide bonds. The first-order valence-corrected chi connectivity index (χ1v) is 12.9. The van der Waals surface area contributed by atoms with Crippen LogP contribution >= 0.6 is 45.2 Å². The van der Waals surface area contributed by atoms with E-state index in [1.807, 2.05) is 0 Å². The van der Waals surface area contributed by atoms with Gasteiger partial charge in [-0.05, 0) is 25.0 Å². The lowest BCUT2D eigenvalue weighted by Gasteiger charge is -2.18. The molecule has 1 unspecified atom stereocenters. The molecule has 0 bridgehead atoms. The number of halogens is 2. The zero-order chi connectivity index (χ0) is 18.8. The van der Waals surface area contributed by atoms with Gasteiger partial charge in [0.25, 0.3) is 0 Å². The van der Waals surface area contributed by atoms with Crippen molar-refractivity contribution in [3.05, 3.63) is 36.1 Å². The number of ether oxygens (including phenoxy) is 2. The van der Waals surface area contributed by atoms with E-state index in [1.165, 1.54) is 31.6 Å². The van der Waals surface area contributed by atoms with E-state index in [0.29, 0.717) is 22.0 Å². The van der Waals surface area contributed by atoms with Gasteiger partial charge in [0.1, 0.15) is 15.3 Å². The number of unbranched alkanes of at least 4 members (excludes halogenated alkanes) is 5. The number of hydrogen-bond donors (Lipinski definition) is 0. The molecule has 0 N–H and O–H groups in total. The Morgan fingerprint density at radius 3 is 2.38 bits per heavy atom. The number of rotatable bonds is 12. The van der Waals surface area contributed by atoms with Crippen molar-refractivity contribution in [2.75, 3.05) is 17.6 Å². The minimum Gasteiger partial charge on any atom is -0.490 e. The van der Waals surface area contributed by atoms with Crippen molar-refractivity contribution in [2.24, 2.45) is 0 Å². The van der Waals surface area contributed by atoms with Gasteiger partial charge in [0, 0.05) is 16.6 Å². The van der Waals surface area contributed by atoms with Gasteiger partial charge in [0.05, 0.1) is 6.61 Å². The third kappa shape index (κ3) is 7.16.